The lowest BCUT2D eigenvalue weighted by Crippen LogP contribution is -2.44. The summed E-state index contributed by atoms with van der Waals surface area (Å²) in [6.45, 7) is 10.2. The zero-order valence-electron chi connectivity index (χ0n) is 11.7. The zero-order chi connectivity index (χ0) is 15.0. The molecule has 0 unspecified atom stereocenters. The summed E-state index contributed by atoms with van der Waals surface area (Å²) in [6.07, 6.45) is 0. The number of rotatable bonds is 3. The fraction of sp³-hybridized carbons (Fsp3) is 0.462. The molecule has 0 saturated carbocycles. The third-order valence-corrected chi connectivity index (χ3v) is 8.37. The van der Waals surface area contributed by atoms with Crippen LogP contribution in [0.5, 0.6) is 5.75 Å². The first kappa shape index (κ1) is 16.2. The van der Waals surface area contributed by atoms with Gasteiger partial charge in [0.05, 0.1) is 4.47 Å². The number of carbonyl (C=O) groups is 1. The van der Waals surface area contributed by atoms with Crippen LogP contribution in [0.25, 0.3) is 0 Å². The predicted molar refractivity (Wildman–Crippen MR) is 78.9 cm³/mol. The molecule has 0 radical (unpaired) electrons. The number of carboxylic acid groups (broad SMARTS) is 1. The maximum Gasteiger partial charge on any atom is 0.339 e. The monoisotopic (exact) mass is 348 g/mol. The number of halogens is 2. The van der Waals surface area contributed by atoms with Crippen molar-refractivity contribution >= 4 is 30.2 Å². The topological polar surface area (TPSA) is 46.5 Å². The highest BCUT2D eigenvalue weighted by atomic mass is 79.9. The lowest BCUT2D eigenvalue weighted by molar-refractivity contribution is 0.0694. The van der Waals surface area contributed by atoms with E-state index < -0.39 is 20.1 Å². The van der Waals surface area contributed by atoms with Crippen LogP contribution in [0.1, 0.15) is 31.1 Å². The third-order valence-electron chi connectivity index (χ3n) is 3.42. The van der Waals surface area contributed by atoms with Gasteiger partial charge >= 0.3 is 5.97 Å². The summed E-state index contributed by atoms with van der Waals surface area (Å²) in [7, 11) is -2.17. The molecule has 1 aromatic rings. The van der Waals surface area contributed by atoms with Gasteiger partial charge < -0.3 is 9.53 Å². The highest BCUT2D eigenvalue weighted by molar-refractivity contribution is 9.10. The van der Waals surface area contributed by atoms with Crippen LogP contribution in [0.3, 0.4) is 0 Å². The smallest absolute Gasteiger partial charge is 0.339 e. The first-order chi connectivity index (χ1) is 8.45. The second kappa shape index (κ2) is 5.24. The van der Waals surface area contributed by atoms with Crippen LogP contribution >= 0.6 is 15.9 Å². The highest BCUT2D eigenvalue weighted by Gasteiger charge is 2.39. The van der Waals surface area contributed by atoms with Crippen LogP contribution in [-0.2, 0) is 0 Å². The first-order valence-corrected chi connectivity index (χ1v) is 9.57. The van der Waals surface area contributed by atoms with Crippen molar-refractivity contribution in [2.24, 2.45) is 0 Å². The Labute approximate surface area is 122 Å². The van der Waals surface area contributed by atoms with Crippen LogP contribution in [0, 0.1) is 5.82 Å². The van der Waals surface area contributed by atoms with Gasteiger partial charge in [0, 0.05) is 0 Å². The second-order valence-corrected chi connectivity index (χ2v) is 11.5. The molecule has 1 rings (SSSR count). The summed E-state index contributed by atoms with van der Waals surface area (Å²) in [5, 5.41) is 9.07. The first-order valence-electron chi connectivity index (χ1n) is 5.87. The molecule has 19 heavy (non-hydrogen) atoms. The zero-order valence-corrected chi connectivity index (χ0v) is 14.3. The van der Waals surface area contributed by atoms with Crippen molar-refractivity contribution in [2.75, 3.05) is 0 Å². The van der Waals surface area contributed by atoms with Gasteiger partial charge in [-0.05, 0) is 46.2 Å². The van der Waals surface area contributed by atoms with E-state index in [0.717, 1.165) is 6.07 Å². The average molecular weight is 349 g/mol. The van der Waals surface area contributed by atoms with Crippen molar-refractivity contribution in [3.8, 4) is 5.75 Å². The van der Waals surface area contributed by atoms with E-state index in [4.69, 9.17) is 9.53 Å². The molecule has 0 fully saturated rings. The van der Waals surface area contributed by atoms with Crippen LogP contribution in [-0.4, -0.2) is 19.4 Å². The molecule has 0 saturated heterocycles. The Hall–Kier alpha value is -0.883. The maximum absolute atomic E-state index is 13.4. The average Bonchev–Trinajstić information content (AvgIpc) is 2.20. The Bertz CT molecular complexity index is 509. The number of hydrogen-bond donors (Lipinski definition) is 1. The van der Waals surface area contributed by atoms with Gasteiger partial charge in [0.2, 0.25) is 0 Å². The molecule has 1 N–H and O–H groups in total. The summed E-state index contributed by atoms with van der Waals surface area (Å²) in [5.41, 5.74) is -0.148. The van der Waals surface area contributed by atoms with E-state index in [1.165, 1.54) is 6.07 Å². The van der Waals surface area contributed by atoms with E-state index in [1.807, 2.05) is 13.1 Å². The van der Waals surface area contributed by atoms with Crippen LogP contribution < -0.4 is 4.43 Å². The molecule has 106 valence electrons. The molecule has 0 aliphatic carbocycles. The molecule has 1 aromatic carbocycles. The quantitative estimate of drug-likeness (QED) is 0.807. The minimum Gasteiger partial charge on any atom is -0.543 e. The van der Waals surface area contributed by atoms with Gasteiger partial charge in [-0.3, -0.25) is 0 Å². The highest BCUT2D eigenvalue weighted by Crippen LogP contribution is 2.39. The molecule has 3 nitrogen and oxygen atoms in total. The fourth-order valence-corrected chi connectivity index (χ4v) is 2.56. The Kier molecular flexibility index (Phi) is 4.46. The predicted octanol–water partition coefficient (Wildman–Crippen LogP) is 4.67. The van der Waals surface area contributed by atoms with Gasteiger partial charge in [-0.1, -0.05) is 20.8 Å². The third kappa shape index (κ3) is 3.57. The number of hydrogen-bond acceptors (Lipinski definition) is 2. The molecular weight excluding hydrogens is 331 g/mol. The van der Waals surface area contributed by atoms with Crippen molar-refractivity contribution in [3.63, 3.8) is 0 Å². The lowest BCUT2D eigenvalue weighted by atomic mass is 10.2. The SMILES string of the molecule is CC(C)(C)[Si](C)(C)Oc1cc(Br)c(F)cc1C(=O)O. The Morgan fingerprint density at radius 2 is 1.89 bits per heavy atom. The largest absolute Gasteiger partial charge is 0.543 e. The minimum atomic E-state index is -2.17. The van der Waals surface area contributed by atoms with Crippen molar-refractivity contribution in [1.29, 1.82) is 0 Å². The van der Waals surface area contributed by atoms with E-state index in [9.17, 15) is 9.18 Å². The molecule has 0 spiro atoms. The van der Waals surface area contributed by atoms with E-state index in [2.05, 4.69) is 36.7 Å². The standard InChI is InChI=1S/C13H18BrFO3Si/c1-13(2,3)19(4,5)18-11-7-9(14)10(15)6-8(11)12(16)17/h6-7H,1-5H3,(H,16,17). The van der Waals surface area contributed by atoms with E-state index in [0.29, 0.717) is 0 Å². The Morgan fingerprint density at radius 3 is 2.32 bits per heavy atom. The molecule has 6 heteroatoms. The van der Waals surface area contributed by atoms with Gasteiger partial charge in [-0.15, -0.1) is 0 Å². The van der Waals surface area contributed by atoms with Gasteiger partial charge in [-0.2, -0.15) is 0 Å². The maximum atomic E-state index is 13.4. The molecular formula is C13H18BrFO3Si. The number of carboxylic acids is 1. The van der Waals surface area contributed by atoms with Crippen LogP contribution in [0.4, 0.5) is 4.39 Å². The molecule has 0 atom stereocenters. The number of benzene rings is 1. The van der Waals surface area contributed by atoms with Crippen molar-refractivity contribution in [2.45, 2.75) is 38.9 Å². The Balaban J connectivity index is 3.28. The molecule has 0 heterocycles. The van der Waals surface area contributed by atoms with E-state index >= 15 is 0 Å². The minimum absolute atomic E-state index is 0.0658. The van der Waals surface area contributed by atoms with Crippen LogP contribution in [0.15, 0.2) is 16.6 Å². The van der Waals surface area contributed by atoms with E-state index in [1.54, 1.807) is 0 Å². The lowest BCUT2D eigenvalue weighted by Gasteiger charge is -2.36. The molecule has 0 bridgehead atoms. The van der Waals surface area contributed by atoms with Crippen LogP contribution in [0.2, 0.25) is 18.1 Å². The molecule has 0 amide bonds. The molecule has 0 aliphatic rings. The van der Waals surface area contributed by atoms with Gasteiger partial charge in [0.1, 0.15) is 17.1 Å². The van der Waals surface area contributed by atoms with Gasteiger partial charge in [0.25, 0.3) is 8.32 Å². The molecule has 0 aliphatic heterocycles. The summed E-state index contributed by atoms with van der Waals surface area (Å²) >= 11 is 3.05. The van der Waals surface area contributed by atoms with E-state index in [-0.39, 0.29) is 20.8 Å². The number of aromatic carboxylic acids is 1. The summed E-state index contributed by atoms with van der Waals surface area (Å²) in [5.74, 6) is -1.59. The molecule has 0 aromatic heterocycles. The summed E-state index contributed by atoms with van der Waals surface area (Å²) < 4.78 is 19.6. The Morgan fingerprint density at radius 1 is 1.37 bits per heavy atom. The van der Waals surface area contributed by atoms with Gasteiger partial charge in [0.15, 0.2) is 0 Å². The second-order valence-electron chi connectivity index (χ2n) is 5.93. The van der Waals surface area contributed by atoms with Crippen molar-refractivity contribution < 1.29 is 18.7 Å². The van der Waals surface area contributed by atoms with Gasteiger partial charge in [-0.25, -0.2) is 9.18 Å². The summed E-state index contributed by atoms with van der Waals surface area (Å²) in [6, 6.07) is 2.37. The summed E-state index contributed by atoms with van der Waals surface area (Å²) in [4.78, 5) is 11.2. The van der Waals surface area contributed by atoms with Crippen molar-refractivity contribution in [1.82, 2.24) is 0 Å². The normalized spacial score (nSPS) is 12.4. The van der Waals surface area contributed by atoms with Crippen molar-refractivity contribution in [3.05, 3.63) is 28.0 Å². The fourth-order valence-electron chi connectivity index (χ4n) is 1.21.